The second kappa shape index (κ2) is 11.4. The van der Waals surface area contributed by atoms with Crippen LogP contribution in [-0.2, 0) is 14.2 Å². The summed E-state index contributed by atoms with van der Waals surface area (Å²) in [5.74, 6) is 0. The quantitative estimate of drug-likeness (QED) is 0.527. The van der Waals surface area contributed by atoms with Crippen LogP contribution in [0.1, 0.15) is 6.42 Å². The molecule has 0 spiro atoms. The van der Waals surface area contributed by atoms with Gasteiger partial charge in [0.2, 0.25) is 0 Å². The molecule has 15 heavy (non-hydrogen) atoms. The average Bonchev–Trinajstić information content (AvgIpc) is 2.27. The SMILES string of the molecule is CNC(C#N)COCCCOCCOC. The number of hydrogen-bond donors (Lipinski definition) is 1. The second-order valence-electron chi connectivity index (χ2n) is 3.00. The van der Waals surface area contributed by atoms with E-state index < -0.39 is 0 Å². The predicted molar refractivity (Wildman–Crippen MR) is 56.6 cm³/mol. The van der Waals surface area contributed by atoms with Crippen LogP contribution in [0.3, 0.4) is 0 Å². The third-order valence-electron chi connectivity index (χ3n) is 1.80. The lowest BCUT2D eigenvalue weighted by Crippen LogP contribution is -2.28. The molecule has 0 aromatic carbocycles. The second-order valence-corrected chi connectivity index (χ2v) is 3.00. The molecule has 0 fully saturated rings. The van der Waals surface area contributed by atoms with Crippen LogP contribution >= 0.6 is 0 Å². The van der Waals surface area contributed by atoms with E-state index in [0.717, 1.165) is 6.42 Å². The first kappa shape index (κ1) is 14.3. The number of rotatable bonds is 10. The van der Waals surface area contributed by atoms with Crippen molar-refractivity contribution < 1.29 is 14.2 Å². The molecule has 1 unspecified atom stereocenters. The summed E-state index contributed by atoms with van der Waals surface area (Å²) in [6.07, 6.45) is 0.839. The molecule has 0 aliphatic heterocycles. The molecule has 1 N–H and O–H groups in total. The van der Waals surface area contributed by atoms with Crippen LogP contribution in [0.4, 0.5) is 0 Å². The minimum absolute atomic E-state index is 0.223. The lowest BCUT2D eigenvalue weighted by molar-refractivity contribution is 0.0500. The summed E-state index contributed by atoms with van der Waals surface area (Å²) in [5, 5.41) is 11.4. The lowest BCUT2D eigenvalue weighted by Gasteiger charge is -2.08. The first-order valence-electron chi connectivity index (χ1n) is 5.06. The fourth-order valence-electron chi connectivity index (χ4n) is 0.894. The molecule has 1 atom stereocenters. The monoisotopic (exact) mass is 216 g/mol. The zero-order valence-corrected chi connectivity index (χ0v) is 9.49. The maximum atomic E-state index is 8.59. The third kappa shape index (κ3) is 9.63. The topological polar surface area (TPSA) is 63.5 Å². The van der Waals surface area contributed by atoms with Crippen molar-refractivity contribution in [3.63, 3.8) is 0 Å². The largest absolute Gasteiger partial charge is 0.382 e. The number of ether oxygens (including phenoxy) is 3. The Morgan fingerprint density at radius 1 is 1.20 bits per heavy atom. The summed E-state index contributed by atoms with van der Waals surface area (Å²) in [5.41, 5.74) is 0. The highest BCUT2D eigenvalue weighted by atomic mass is 16.5. The number of nitriles is 1. The van der Waals surface area contributed by atoms with Crippen LogP contribution in [-0.4, -0.2) is 53.2 Å². The molecule has 0 aliphatic carbocycles. The molecular weight excluding hydrogens is 196 g/mol. The van der Waals surface area contributed by atoms with Crippen molar-refractivity contribution in [2.75, 3.05) is 47.2 Å². The molecule has 0 rings (SSSR count). The Kier molecular flexibility index (Phi) is 10.9. The minimum Gasteiger partial charge on any atom is -0.382 e. The van der Waals surface area contributed by atoms with Gasteiger partial charge in [-0.3, -0.25) is 0 Å². The fraction of sp³-hybridized carbons (Fsp3) is 0.900. The van der Waals surface area contributed by atoms with Gasteiger partial charge in [0.15, 0.2) is 0 Å². The predicted octanol–water partition coefficient (Wildman–Crippen LogP) is 0.168. The van der Waals surface area contributed by atoms with Gasteiger partial charge in [0, 0.05) is 20.3 Å². The molecule has 0 bridgehead atoms. The van der Waals surface area contributed by atoms with Gasteiger partial charge in [0.25, 0.3) is 0 Å². The number of methoxy groups -OCH3 is 1. The normalized spacial score (nSPS) is 12.3. The molecule has 0 radical (unpaired) electrons. The van der Waals surface area contributed by atoms with Gasteiger partial charge in [-0.2, -0.15) is 5.26 Å². The number of nitrogens with one attached hydrogen (secondary N) is 1. The van der Waals surface area contributed by atoms with Gasteiger partial charge in [-0.25, -0.2) is 0 Å². The van der Waals surface area contributed by atoms with E-state index in [1.54, 1.807) is 14.2 Å². The van der Waals surface area contributed by atoms with E-state index in [1.807, 2.05) is 0 Å². The van der Waals surface area contributed by atoms with Crippen molar-refractivity contribution in [2.24, 2.45) is 0 Å². The van der Waals surface area contributed by atoms with Crippen LogP contribution in [0, 0.1) is 11.3 Å². The van der Waals surface area contributed by atoms with Crippen LogP contribution in [0.2, 0.25) is 0 Å². The molecule has 5 heteroatoms. The van der Waals surface area contributed by atoms with Crippen LogP contribution in [0.15, 0.2) is 0 Å². The first-order valence-corrected chi connectivity index (χ1v) is 5.06. The number of hydrogen-bond acceptors (Lipinski definition) is 5. The van der Waals surface area contributed by atoms with E-state index in [0.29, 0.717) is 33.0 Å². The number of likely N-dealkylation sites (N-methyl/N-ethyl adjacent to an activating group) is 1. The maximum absolute atomic E-state index is 8.59. The summed E-state index contributed by atoms with van der Waals surface area (Å²) in [7, 11) is 3.39. The fourth-order valence-corrected chi connectivity index (χ4v) is 0.894. The zero-order chi connectivity index (χ0) is 11.4. The molecule has 0 saturated carbocycles. The van der Waals surface area contributed by atoms with Gasteiger partial charge in [-0.15, -0.1) is 0 Å². The molecular formula is C10H20N2O3. The Balaban J connectivity index is 3.08. The van der Waals surface area contributed by atoms with Gasteiger partial charge in [-0.1, -0.05) is 0 Å². The molecule has 0 amide bonds. The summed E-state index contributed by atoms with van der Waals surface area (Å²) in [4.78, 5) is 0. The summed E-state index contributed by atoms with van der Waals surface area (Å²) in [6.45, 7) is 2.95. The average molecular weight is 216 g/mol. The van der Waals surface area contributed by atoms with Crippen LogP contribution in [0.5, 0.6) is 0 Å². The molecule has 0 aromatic heterocycles. The summed E-state index contributed by atoms with van der Waals surface area (Å²) >= 11 is 0. The van der Waals surface area contributed by atoms with E-state index in [9.17, 15) is 0 Å². The van der Waals surface area contributed by atoms with Gasteiger partial charge in [0.05, 0.1) is 25.9 Å². The zero-order valence-electron chi connectivity index (χ0n) is 9.49. The van der Waals surface area contributed by atoms with Crippen molar-refractivity contribution in [2.45, 2.75) is 12.5 Å². The maximum Gasteiger partial charge on any atom is 0.119 e. The highest BCUT2D eigenvalue weighted by molar-refractivity contribution is 4.88. The van der Waals surface area contributed by atoms with E-state index in [4.69, 9.17) is 19.5 Å². The van der Waals surface area contributed by atoms with Crippen molar-refractivity contribution in [3.05, 3.63) is 0 Å². The molecule has 5 nitrogen and oxygen atoms in total. The minimum atomic E-state index is -0.223. The van der Waals surface area contributed by atoms with Gasteiger partial charge >= 0.3 is 0 Å². The van der Waals surface area contributed by atoms with Gasteiger partial charge in [-0.05, 0) is 13.5 Å². The van der Waals surface area contributed by atoms with Crippen molar-refractivity contribution in [1.82, 2.24) is 5.32 Å². The van der Waals surface area contributed by atoms with E-state index in [2.05, 4.69) is 11.4 Å². The Hall–Kier alpha value is -0.670. The van der Waals surface area contributed by atoms with E-state index >= 15 is 0 Å². The Morgan fingerprint density at radius 2 is 1.93 bits per heavy atom. The van der Waals surface area contributed by atoms with E-state index in [-0.39, 0.29) is 6.04 Å². The summed E-state index contributed by atoms with van der Waals surface area (Å²) in [6, 6.07) is 1.86. The Labute approximate surface area is 91.3 Å². The first-order chi connectivity index (χ1) is 7.35. The summed E-state index contributed by atoms with van der Waals surface area (Å²) < 4.78 is 15.4. The number of nitrogens with zero attached hydrogens (tertiary/aromatic N) is 1. The van der Waals surface area contributed by atoms with E-state index in [1.165, 1.54) is 0 Å². The van der Waals surface area contributed by atoms with Gasteiger partial charge in [0.1, 0.15) is 6.04 Å². The van der Waals surface area contributed by atoms with Crippen molar-refractivity contribution >= 4 is 0 Å². The highest BCUT2D eigenvalue weighted by Gasteiger charge is 2.02. The highest BCUT2D eigenvalue weighted by Crippen LogP contribution is 1.88. The Bertz CT molecular complexity index is 171. The standard InChI is InChI=1S/C10H20N2O3/c1-12-10(8-11)9-15-5-3-4-14-7-6-13-2/h10,12H,3-7,9H2,1-2H3. The molecule has 0 aliphatic rings. The molecule has 88 valence electrons. The third-order valence-corrected chi connectivity index (χ3v) is 1.80. The van der Waals surface area contributed by atoms with Crippen molar-refractivity contribution in [1.29, 1.82) is 5.26 Å². The van der Waals surface area contributed by atoms with Crippen LogP contribution in [0.25, 0.3) is 0 Å². The Morgan fingerprint density at radius 3 is 2.53 bits per heavy atom. The molecule has 0 aromatic rings. The van der Waals surface area contributed by atoms with Gasteiger partial charge < -0.3 is 19.5 Å². The van der Waals surface area contributed by atoms with Crippen molar-refractivity contribution in [3.8, 4) is 6.07 Å². The molecule has 0 heterocycles. The van der Waals surface area contributed by atoms with Crippen LogP contribution < -0.4 is 5.32 Å². The smallest absolute Gasteiger partial charge is 0.119 e. The lowest BCUT2D eigenvalue weighted by atomic mass is 10.3. The molecule has 0 saturated heterocycles.